The molecule has 0 bridgehead atoms. The number of ether oxygens (including phenoxy) is 2. The molecule has 0 saturated heterocycles. The molecule has 5 nitrogen and oxygen atoms in total. The average Bonchev–Trinajstić information content (AvgIpc) is 2.38. The molecule has 1 unspecified atom stereocenters. The minimum Gasteiger partial charge on any atom is -0.493 e. The van der Waals surface area contributed by atoms with Gasteiger partial charge in [-0.25, -0.2) is 0 Å². The van der Waals surface area contributed by atoms with E-state index in [1.54, 1.807) is 6.07 Å². The molecule has 1 atom stereocenters. The van der Waals surface area contributed by atoms with Crippen LogP contribution in [0.25, 0.3) is 0 Å². The molecule has 0 aliphatic heterocycles. The topological polar surface area (TPSA) is 61.6 Å². The smallest absolute Gasteiger partial charge is 0.273 e. The van der Waals surface area contributed by atoms with Gasteiger partial charge in [-0.3, -0.25) is 10.1 Å². The summed E-state index contributed by atoms with van der Waals surface area (Å²) in [4.78, 5) is 10.3. The molecule has 106 valence electrons. The van der Waals surface area contributed by atoms with E-state index in [2.05, 4.69) is 19.6 Å². The lowest BCUT2D eigenvalue weighted by molar-refractivity contribution is -0.385. The van der Waals surface area contributed by atoms with E-state index >= 15 is 0 Å². The molecule has 1 rings (SSSR count). The van der Waals surface area contributed by atoms with Gasteiger partial charge in [0.25, 0.3) is 5.69 Å². The highest BCUT2D eigenvalue weighted by Crippen LogP contribution is 2.31. The third-order valence-electron chi connectivity index (χ3n) is 2.85. The van der Waals surface area contributed by atoms with E-state index in [0.29, 0.717) is 24.0 Å². The van der Waals surface area contributed by atoms with Crippen LogP contribution in [0.4, 0.5) is 5.69 Å². The van der Waals surface area contributed by atoms with Crippen LogP contribution in [0.3, 0.4) is 0 Å². The van der Waals surface area contributed by atoms with E-state index in [1.807, 2.05) is 0 Å². The number of nitrogens with zero attached hydrogens (tertiary/aromatic N) is 1. The summed E-state index contributed by atoms with van der Waals surface area (Å²) in [7, 11) is 1.51. The fourth-order valence-corrected chi connectivity index (χ4v) is 2.07. The Bertz CT molecular complexity index is 425. The van der Waals surface area contributed by atoms with Crippen molar-refractivity contribution >= 4 is 18.3 Å². The third-order valence-corrected chi connectivity index (χ3v) is 3.11. The SMILES string of the molecule is COc1ccc([N+](=O)[O-])cc1OCCC(C)CCS. The molecular weight excluding hydrogens is 266 g/mol. The maximum Gasteiger partial charge on any atom is 0.273 e. The van der Waals surface area contributed by atoms with Gasteiger partial charge in [0.1, 0.15) is 0 Å². The summed E-state index contributed by atoms with van der Waals surface area (Å²) in [5.74, 6) is 2.28. The van der Waals surface area contributed by atoms with Gasteiger partial charge in [0.15, 0.2) is 11.5 Å². The first kappa shape index (κ1) is 15.6. The summed E-state index contributed by atoms with van der Waals surface area (Å²) in [6, 6.07) is 4.34. The van der Waals surface area contributed by atoms with Gasteiger partial charge >= 0.3 is 0 Å². The Morgan fingerprint density at radius 1 is 1.37 bits per heavy atom. The third kappa shape index (κ3) is 4.98. The molecule has 1 aromatic carbocycles. The second kappa shape index (κ2) is 7.89. The summed E-state index contributed by atoms with van der Waals surface area (Å²) in [6.45, 7) is 2.64. The molecule has 0 aliphatic rings. The minimum atomic E-state index is -0.449. The van der Waals surface area contributed by atoms with Crippen LogP contribution < -0.4 is 9.47 Å². The molecule has 0 amide bonds. The summed E-state index contributed by atoms with van der Waals surface area (Å²) < 4.78 is 10.7. The first-order chi connectivity index (χ1) is 9.08. The molecule has 0 fully saturated rings. The molecule has 6 heteroatoms. The predicted molar refractivity (Wildman–Crippen MR) is 77.4 cm³/mol. The zero-order valence-corrected chi connectivity index (χ0v) is 12.1. The number of non-ortho nitro benzene ring substituents is 1. The number of nitro benzene ring substituents is 1. The van der Waals surface area contributed by atoms with Crippen molar-refractivity contribution in [3.63, 3.8) is 0 Å². The van der Waals surface area contributed by atoms with Gasteiger partial charge in [-0.15, -0.1) is 0 Å². The van der Waals surface area contributed by atoms with E-state index in [9.17, 15) is 10.1 Å². The highest BCUT2D eigenvalue weighted by Gasteiger charge is 2.12. The van der Waals surface area contributed by atoms with E-state index in [1.165, 1.54) is 19.2 Å². The second-order valence-electron chi connectivity index (χ2n) is 4.35. The highest BCUT2D eigenvalue weighted by molar-refractivity contribution is 7.80. The molecule has 19 heavy (non-hydrogen) atoms. The number of thiol groups is 1. The first-order valence-corrected chi connectivity index (χ1v) is 6.77. The van der Waals surface area contributed by atoms with Gasteiger partial charge < -0.3 is 9.47 Å². The van der Waals surface area contributed by atoms with Crippen LogP contribution in [-0.2, 0) is 0 Å². The zero-order chi connectivity index (χ0) is 14.3. The molecule has 1 aromatic rings. The Hall–Kier alpha value is -1.43. The minimum absolute atomic E-state index is 0.000735. The number of hydrogen-bond acceptors (Lipinski definition) is 5. The van der Waals surface area contributed by atoms with Gasteiger partial charge in [-0.05, 0) is 30.6 Å². The van der Waals surface area contributed by atoms with Crippen molar-refractivity contribution in [3.05, 3.63) is 28.3 Å². The Labute approximate surface area is 118 Å². The number of benzene rings is 1. The van der Waals surface area contributed by atoms with Gasteiger partial charge in [0, 0.05) is 6.07 Å². The molecule has 0 heterocycles. The summed E-state index contributed by atoms with van der Waals surface area (Å²) >= 11 is 4.18. The van der Waals surface area contributed by atoms with Crippen molar-refractivity contribution in [1.29, 1.82) is 0 Å². The van der Waals surface area contributed by atoms with Gasteiger partial charge in [0.05, 0.1) is 24.7 Å². The Morgan fingerprint density at radius 3 is 2.68 bits per heavy atom. The summed E-state index contributed by atoms with van der Waals surface area (Å²) in [6.07, 6.45) is 1.91. The maximum absolute atomic E-state index is 10.7. The van der Waals surface area contributed by atoms with E-state index < -0.39 is 4.92 Å². The summed E-state index contributed by atoms with van der Waals surface area (Å²) in [5.41, 5.74) is -0.000735. The van der Waals surface area contributed by atoms with E-state index in [-0.39, 0.29) is 5.69 Å². The lowest BCUT2D eigenvalue weighted by atomic mass is 10.1. The van der Waals surface area contributed by atoms with Crippen molar-refractivity contribution in [3.8, 4) is 11.5 Å². The lowest BCUT2D eigenvalue weighted by Crippen LogP contribution is -2.05. The van der Waals surface area contributed by atoms with Crippen LogP contribution >= 0.6 is 12.6 Å². The Balaban J connectivity index is 2.65. The molecule has 0 aliphatic carbocycles. The molecular formula is C13H19NO4S. The molecule has 0 spiro atoms. The van der Waals surface area contributed by atoms with Crippen molar-refractivity contribution in [1.82, 2.24) is 0 Å². The lowest BCUT2D eigenvalue weighted by Gasteiger charge is -2.13. The zero-order valence-electron chi connectivity index (χ0n) is 11.2. The van der Waals surface area contributed by atoms with Gasteiger partial charge in [-0.2, -0.15) is 12.6 Å². The standard InChI is InChI=1S/C13H19NO4S/c1-10(6-8-19)5-7-18-13-9-11(14(15)16)3-4-12(13)17-2/h3-4,9-10,19H,5-8H2,1-2H3. The van der Waals surface area contributed by atoms with Crippen LogP contribution in [0.15, 0.2) is 18.2 Å². The number of methoxy groups -OCH3 is 1. The number of nitro groups is 1. The number of hydrogen-bond donors (Lipinski definition) is 1. The molecule has 0 N–H and O–H groups in total. The van der Waals surface area contributed by atoms with Crippen molar-refractivity contribution in [2.24, 2.45) is 5.92 Å². The van der Waals surface area contributed by atoms with Crippen molar-refractivity contribution in [2.45, 2.75) is 19.8 Å². The average molecular weight is 285 g/mol. The Kier molecular flexibility index (Phi) is 6.49. The largest absolute Gasteiger partial charge is 0.493 e. The van der Waals surface area contributed by atoms with Crippen LogP contribution in [-0.4, -0.2) is 24.4 Å². The monoisotopic (exact) mass is 285 g/mol. The van der Waals surface area contributed by atoms with E-state index in [4.69, 9.17) is 9.47 Å². The van der Waals surface area contributed by atoms with Crippen LogP contribution in [0, 0.1) is 16.0 Å². The fraction of sp³-hybridized carbons (Fsp3) is 0.538. The Morgan fingerprint density at radius 2 is 2.11 bits per heavy atom. The molecule has 0 saturated carbocycles. The molecule has 0 aromatic heterocycles. The predicted octanol–water partition coefficient (Wildman–Crippen LogP) is 3.33. The van der Waals surface area contributed by atoms with Gasteiger partial charge in [-0.1, -0.05) is 6.92 Å². The van der Waals surface area contributed by atoms with Crippen molar-refractivity contribution in [2.75, 3.05) is 19.5 Å². The first-order valence-electron chi connectivity index (χ1n) is 6.14. The normalized spacial score (nSPS) is 11.9. The van der Waals surface area contributed by atoms with Crippen LogP contribution in [0.5, 0.6) is 11.5 Å². The second-order valence-corrected chi connectivity index (χ2v) is 4.79. The quantitative estimate of drug-likeness (QED) is 0.452. The van der Waals surface area contributed by atoms with Crippen LogP contribution in [0.2, 0.25) is 0 Å². The summed E-state index contributed by atoms with van der Waals surface area (Å²) in [5, 5.41) is 10.7. The molecule has 0 radical (unpaired) electrons. The number of rotatable bonds is 8. The fourth-order valence-electron chi connectivity index (χ4n) is 1.63. The van der Waals surface area contributed by atoms with Crippen molar-refractivity contribution < 1.29 is 14.4 Å². The van der Waals surface area contributed by atoms with Gasteiger partial charge in [0.2, 0.25) is 0 Å². The van der Waals surface area contributed by atoms with E-state index in [0.717, 1.165) is 18.6 Å². The highest BCUT2D eigenvalue weighted by atomic mass is 32.1. The maximum atomic E-state index is 10.7. The van der Waals surface area contributed by atoms with Crippen LogP contribution in [0.1, 0.15) is 19.8 Å².